The Labute approximate surface area is 266 Å². The molecule has 3 aromatic rings. The fourth-order valence-electron chi connectivity index (χ4n) is 6.24. The first-order chi connectivity index (χ1) is 22.0. The lowest BCUT2D eigenvalue weighted by Crippen LogP contribution is -2.58. The number of piperidine rings is 1. The number of rotatable bonds is 12. The number of likely N-dealkylation sites (tertiary alicyclic amines) is 1. The Hall–Kier alpha value is -3.95. The Balaban J connectivity index is 1.19. The number of alkyl carbamates (subject to hydrolysis) is 1. The first-order valence-corrected chi connectivity index (χ1v) is 16.1. The van der Waals surface area contributed by atoms with Crippen molar-refractivity contribution >= 4 is 12.0 Å². The number of nitrogens with zero attached hydrogens (tertiary/aromatic N) is 3. The third-order valence-corrected chi connectivity index (χ3v) is 8.86. The molecule has 0 spiro atoms. The van der Waals surface area contributed by atoms with E-state index in [1.54, 1.807) is 12.1 Å². The monoisotopic (exact) mass is 616 g/mol. The van der Waals surface area contributed by atoms with Gasteiger partial charge in [-0.2, -0.15) is 0 Å². The van der Waals surface area contributed by atoms with Gasteiger partial charge in [-0.1, -0.05) is 66.7 Å². The fourth-order valence-corrected chi connectivity index (χ4v) is 6.24. The van der Waals surface area contributed by atoms with E-state index in [2.05, 4.69) is 39.4 Å². The van der Waals surface area contributed by atoms with E-state index in [-0.39, 0.29) is 24.2 Å². The van der Waals surface area contributed by atoms with E-state index in [1.807, 2.05) is 48.2 Å². The second-order valence-electron chi connectivity index (χ2n) is 11.8. The molecule has 0 aromatic heterocycles. The van der Waals surface area contributed by atoms with Crippen LogP contribution >= 0.6 is 0 Å². The minimum Gasteiger partial charge on any atom is -0.493 e. The van der Waals surface area contributed by atoms with Crippen molar-refractivity contribution < 1.29 is 23.5 Å². The van der Waals surface area contributed by atoms with Gasteiger partial charge in [-0.3, -0.25) is 9.69 Å². The molecule has 1 atom stereocenters. The average molecular weight is 617 g/mol. The smallest absolute Gasteiger partial charge is 0.408 e. The van der Waals surface area contributed by atoms with E-state index in [1.165, 1.54) is 11.6 Å². The van der Waals surface area contributed by atoms with Crippen LogP contribution in [0.4, 0.5) is 9.18 Å². The van der Waals surface area contributed by atoms with Gasteiger partial charge >= 0.3 is 6.09 Å². The first kappa shape index (κ1) is 32.4. The molecule has 2 aliphatic heterocycles. The number of carbonyl (C=O) groups excluding carboxylic acids is 2. The molecule has 0 unspecified atom stereocenters. The highest BCUT2D eigenvalue weighted by Gasteiger charge is 2.36. The number of benzene rings is 3. The number of piperazine rings is 1. The van der Waals surface area contributed by atoms with E-state index in [0.717, 1.165) is 44.5 Å². The van der Waals surface area contributed by atoms with Crippen molar-refractivity contribution in [2.24, 2.45) is 5.92 Å². The molecule has 9 heteroatoms. The van der Waals surface area contributed by atoms with E-state index >= 15 is 0 Å². The zero-order chi connectivity index (χ0) is 31.4. The van der Waals surface area contributed by atoms with Crippen LogP contribution in [0.15, 0.2) is 78.9 Å². The van der Waals surface area contributed by atoms with Crippen LogP contribution in [0.2, 0.25) is 0 Å². The SMILES string of the molecule is CCOc1cccc(F)c1CN1CCN(C(=O)[C@H](NC(=O)OCc2ccccc2)C2CCN(CCc3ccccc3)CC2)CC1. The maximum Gasteiger partial charge on any atom is 0.408 e. The molecular formula is C36H45FN4O4. The van der Waals surface area contributed by atoms with Crippen LogP contribution in [0, 0.1) is 11.7 Å². The number of hydrogen-bond donors (Lipinski definition) is 1. The van der Waals surface area contributed by atoms with E-state index in [0.29, 0.717) is 50.6 Å². The topological polar surface area (TPSA) is 74.3 Å². The summed E-state index contributed by atoms with van der Waals surface area (Å²) in [5, 5.41) is 2.96. The lowest BCUT2D eigenvalue weighted by Gasteiger charge is -2.40. The Morgan fingerprint density at radius 1 is 0.844 bits per heavy atom. The summed E-state index contributed by atoms with van der Waals surface area (Å²) in [4.78, 5) is 33.4. The van der Waals surface area contributed by atoms with Crippen LogP contribution in [-0.4, -0.2) is 85.2 Å². The van der Waals surface area contributed by atoms with Crippen LogP contribution in [0.3, 0.4) is 0 Å². The number of halogens is 1. The summed E-state index contributed by atoms with van der Waals surface area (Å²) in [5.74, 6) is 0.215. The number of hydrogen-bond acceptors (Lipinski definition) is 6. The van der Waals surface area contributed by atoms with Gasteiger partial charge in [0, 0.05) is 44.8 Å². The van der Waals surface area contributed by atoms with Gasteiger partial charge in [0.1, 0.15) is 24.2 Å². The van der Waals surface area contributed by atoms with Gasteiger partial charge in [0.15, 0.2) is 0 Å². The Morgan fingerprint density at radius 2 is 1.51 bits per heavy atom. The molecule has 2 aliphatic rings. The molecule has 240 valence electrons. The molecule has 2 amide bonds. The van der Waals surface area contributed by atoms with Crippen molar-refractivity contribution in [1.82, 2.24) is 20.0 Å². The van der Waals surface area contributed by atoms with Gasteiger partial charge < -0.3 is 24.6 Å². The lowest BCUT2D eigenvalue weighted by molar-refractivity contribution is -0.137. The molecular weight excluding hydrogens is 571 g/mol. The van der Waals surface area contributed by atoms with Crippen molar-refractivity contribution in [3.05, 3.63) is 101 Å². The van der Waals surface area contributed by atoms with Crippen LogP contribution in [0.25, 0.3) is 0 Å². The minimum absolute atomic E-state index is 0.0138. The van der Waals surface area contributed by atoms with Gasteiger partial charge in [0.2, 0.25) is 5.91 Å². The van der Waals surface area contributed by atoms with Gasteiger partial charge in [-0.25, -0.2) is 9.18 Å². The summed E-state index contributed by atoms with van der Waals surface area (Å²) in [6.07, 6.45) is 2.04. The van der Waals surface area contributed by atoms with Crippen LogP contribution < -0.4 is 10.1 Å². The molecule has 5 rings (SSSR count). The largest absolute Gasteiger partial charge is 0.493 e. The Kier molecular flexibility index (Phi) is 11.8. The summed E-state index contributed by atoms with van der Waals surface area (Å²) in [7, 11) is 0. The first-order valence-electron chi connectivity index (χ1n) is 16.1. The molecule has 0 aliphatic carbocycles. The van der Waals surface area contributed by atoms with E-state index < -0.39 is 12.1 Å². The normalized spacial score (nSPS) is 17.1. The van der Waals surface area contributed by atoms with E-state index in [9.17, 15) is 14.0 Å². The molecule has 45 heavy (non-hydrogen) atoms. The predicted molar refractivity (Wildman–Crippen MR) is 172 cm³/mol. The lowest BCUT2D eigenvalue weighted by atomic mass is 9.88. The molecule has 8 nitrogen and oxygen atoms in total. The number of amides is 2. The van der Waals surface area contributed by atoms with Gasteiger partial charge in [-0.05, 0) is 68.5 Å². The van der Waals surface area contributed by atoms with Crippen LogP contribution in [-0.2, 0) is 29.1 Å². The maximum absolute atomic E-state index is 14.7. The predicted octanol–water partition coefficient (Wildman–Crippen LogP) is 5.12. The molecule has 2 heterocycles. The molecule has 0 radical (unpaired) electrons. The van der Waals surface area contributed by atoms with Crippen molar-refractivity contribution in [1.29, 1.82) is 0 Å². The molecule has 1 N–H and O–H groups in total. The quantitative estimate of drug-likeness (QED) is 0.305. The summed E-state index contributed by atoms with van der Waals surface area (Å²) in [6, 6.07) is 24.2. The molecule has 0 saturated carbocycles. The summed E-state index contributed by atoms with van der Waals surface area (Å²) in [5.41, 5.74) is 2.75. The summed E-state index contributed by atoms with van der Waals surface area (Å²) < 4.78 is 25.9. The summed E-state index contributed by atoms with van der Waals surface area (Å²) >= 11 is 0. The highest BCUT2D eigenvalue weighted by molar-refractivity contribution is 5.86. The number of nitrogens with one attached hydrogen (secondary N) is 1. The third-order valence-electron chi connectivity index (χ3n) is 8.86. The second kappa shape index (κ2) is 16.4. The van der Waals surface area contributed by atoms with Gasteiger partial charge in [0.05, 0.1) is 6.61 Å². The third kappa shape index (κ3) is 9.28. The van der Waals surface area contributed by atoms with Crippen molar-refractivity contribution in [3.63, 3.8) is 0 Å². The maximum atomic E-state index is 14.7. The van der Waals surface area contributed by atoms with Crippen molar-refractivity contribution in [2.45, 2.75) is 45.4 Å². The number of ether oxygens (including phenoxy) is 2. The van der Waals surface area contributed by atoms with Crippen molar-refractivity contribution in [2.75, 3.05) is 52.4 Å². The molecule has 3 aromatic carbocycles. The van der Waals surface area contributed by atoms with Crippen molar-refractivity contribution in [3.8, 4) is 5.75 Å². The highest BCUT2D eigenvalue weighted by atomic mass is 19.1. The Bertz CT molecular complexity index is 1360. The zero-order valence-corrected chi connectivity index (χ0v) is 26.2. The van der Waals surface area contributed by atoms with Crippen LogP contribution in [0.1, 0.15) is 36.5 Å². The highest BCUT2D eigenvalue weighted by Crippen LogP contribution is 2.26. The van der Waals surface area contributed by atoms with Gasteiger partial charge in [0.25, 0.3) is 0 Å². The molecule has 2 saturated heterocycles. The van der Waals surface area contributed by atoms with Gasteiger partial charge in [-0.15, -0.1) is 0 Å². The number of carbonyl (C=O) groups is 2. The fraction of sp³-hybridized carbons (Fsp3) is 0.444. The minimum atomic E-state index is -0.660. The standard InChI is InChI=1S/C36H45FN4O4/c1-2-44-33-15-9-14-32(37)31(33)26-40-22-24-41(25-23-40)35(42)34(38-36(43)45-27-29-12-7-4-8-13-29)30-17-20-39(21-18-30)19-16-28-10-5-3-6-11-28/h3-15,30,34H,2,16-27H2,1H3,(H,38,43)/t34-/m1/s1. The van der Waals surface area contributed by atoms with E-state index in [4.69, 9.17) is 9.47 Å². The average Bonchev–Trinajstić information content (AvgIpc) is 3.08. The zero-order valence-electron chi connectivity index (χ0n) is 26.2. The Morgan fingerprint density at radius 3 is 2.18 bits per heavy atom. The molecule has 0 bridgehead atoms. The second-order valence-corrected chi connectivity index (χ2v) is 11.8. The van der Waals surface area contributed by atoms with Crippen LogP contribution in [0.5, 0.6) is 5.75 Å². The summed E-state index contributed by atoms with van der Waals surface area (Å²) in [6.45, 7) is 7.85. The molecule has 2 fully saturated rings.